The minimum atomic E-state index is -0.382. The van der Waals surface area contributed by atoms with Crippen LogP contribution in [0.25, 0.3) is 0 Å². The standard InChI is InChI=1S/C16H18N2O4S/c1-3-18-8-12(14(17-18)10-4-5-10)15(19)22-9-11-6-7-13(23-11)16(20)21-2/h6-8,10H,3-5,9H2,1-2H3. The summed E-state index contributed by atoms with van der Waals surface area (Å²) in [6.45, 7) is 2.85. The molecule has 0 N–H and O–H groups in total. The van der Waals surface area contributed by atoms with Gasteiger partial charge < -0.3 is 9.47 Å². The van der Waals surface area contributed by atoms with Crippen LogP contribution in [0.2, 0.25) is 0 Å². The fourth-order valence-electron chi connectivity index (χ4n) is 2.29. The molecule has 1 saturated carbocycles. The van der Waals surface area contributed by atoms with Gasteiger partial charge >= 0.3 is 11.9 Å². The van der Waals surface area contributed by atoms with Crippen LogP contribution >= 0.6 is 11.3 Å². The number of hydrogen-bond acceptors (Lipinski definition) is 6. The zero-order valence-corrected chi connectivity index (χ0v) is 13.9. The largest absolute Gasteiger partial charge is 0.465 e. The second-order valence-electron chi connectivity index (χ2n) is 5.39. The predicted octanol–water partition coefficient (Wildman–Crippen LogP) is 2.99. The Kier molecular flexibility index (Phi) is 4.47. The monoisotopic (exact) mass is 334 g/mol. The Hall–Kier alpha value is -2.15. The van der Waals surface area contributed by atoms with Gasteiger partial charge in [-0.25, -0.2) is 9.59 Å². The molecule has 2 heterocycles. The summed E-state index contributed by atoms with van der Waals surface area (Å²) in [5, 5.41) is 4.46. The maximum atomic E-state index is 12.3. The Balaban J connectivity index is 1.66. The van der Waals surface area contributed by atoms with Crippen molar-refractivity contribution in [1.29, 1.82) is 0 Å². The third-order valence-electron chi connectivity index (χ3n) is 3.69. The molecule has 2 aromatic rings. The fraction of sp³-hybridized carbons (Fsp3) is 0.438. The number of rotatable bonds is 6. The highest BCUT2D eigenvalue weighted by Crippen LogP contribution is 2.41. The number of ether oxygens (including phenoxy) is 2. The fourth-order valence-corrected chi connectivity index (χ4v) is 3.13. The summed E-state index contributed by atoms with van der Waals surface area (Å²) in [5.41, 5.74) is 1.40. The summed E-state index contributed by atoms with van der Waals surface area (Å²) >= 11 is 1.26. The summed E-state index contributed by atoms with van der Waals surface area (Å²) in [7, 11) is 1.34. The van der Waals surface area contributed by atoms with Crippen LogP contribution in [-0.4, -0.2) is 28.8 Å². The molecular weight excluding hydrogens is 316 g/mol. The molecule has 0 radical (unpaired) electrons. The van der Waals surface area contributed by atoms with E-state index in [0.717, 1.165) is 30.0 Å². The van der Waals surface area contributed by atoms with E-state index in [4.69, 9.17) is 4.74 Å². The Morgan fingerprint density at radius 3 is 2.78 bits per heavy atom. The summed E-state index contributed by atoms with van der Waals surface area (Å²) in [6, 6.07) is 3.44. The van der Waals surface area contributed by atoms with Gasteiger partial charge in [-0.1, -0.05) is 0 Å². The normalized spacial score (nSPS) is 13.8. The van der Waals surface area contributed by atoms with E-state index < -0.39 is 0 Å². The Bertz CT molecular complexity index is 730. The lowest BCUT2D eigenvalue weighted by Gasteiger charge is -2.02. The van der Waals surface area contributed by atoms with Gasteiger partial charge in [-0.3, -0.25) is 4.68 Å². The molecule has 7 heteroatoms. The molecule has 0 aromatic carbocycles. The molecule has 1 fully saturated rings. The minimum absolute atomic E-state index is 0.141. The summed E-state index contributed by atoms with van der Waals surface area (Å²) in [5.74, 6) is -0.356. The second kappa shape index (κ2) is 6.54. The van der Waals surface area contributed by atoms with Crippen molar-refractivity contribution in [3.05, 3.63) is 39.3 Å². The minimum Gasteiger partial charge on any atom is -0.465 e. The molecule has 3 rings (SSSR count). The lowest BCUT2D eigenvalue weighted by Crippen LogP contribution is -2.06. The molecule has 0 spiro atoms. The van der Waals surface area contributed by atoms with Gasteiger partial charge in [0.15, 0.2) is 0 Å². The van der Waals surface area contributed by atoms with Crippen molar-refractivity contribution in [3.63, 3.8) is 0 Å². The van der Waals surface area contributed by atoms with Gasteiger partial charge in [0.1, 0.15) is 17.0 Å². The van der Waals surface area contributed by atoms with Crippen LogP contribution in [0.15, 0.2) is 18.3 Å². The van der Waals surface area contributed by atoms with Crippen LogP contribution in [-0.2, 0) is 22.6 Å². The van der Waals surface area contributed by atoms with Gasteiger partial charge in [-0.15, -0.1) is 11.3 Å². The number of thiophene rings is 1. The molecule has 1 aliphatic carbocycles. The van der Waals surface area contributed by atoms with E-state index in [1.165, 1.54) is 18.4 Å². The molecular formula is C16H18N2O4S. The van der Waals surface area contributed by atoms with E-state index >= 15 is 0 Å². The van der Waals surface area contributed by atoms with Crippen molar-refractivity contribution < 1.29 is 19.1 Å². The quantitative estimate of drug-likeness (QED) is 0.760. The highest BCUT2D eigenvalue weighted by Gasteiger charge is 2.32. The number of hydrogen-bond donors (Lipinski definition) is 0. The number of carbonyl (C=O) groups excluding carboxylic acids is 2. The molecule has 122 valence electrons. The van der Waals surface area contributed by atoms with Crippen LogP contribution in [0.4, 0.5) is 0 Å². The Morgan fingerprint density at radius 2 is 2.13 bits per heavy atom. The first-order chi connectivity index (χ1) is 11.1. The highest BCUT2D eigenvalue weighted by atomic mass is 32.1. The van der Waals surface area contributed by atoms with Gasteiger partial charge in [-0.05, 0) is 31.9 Å². The smallest absolute Gasteiger partial charge is 0.348 e. The molecule has 0 amide bonds. The molecule has 0 unspecified atom stereocenters. The van der Waals surface area contributed by atoms with E-state index in [9.17, 15) is 9.59 Å². The lowest BCUT2D eigenvalue weighted by atomic mass is 10.2. The van der Waals surface area contributed by atoms with Gasteiger partial charge in [0.25, 0.3) is 0 Å². The van der Waals surface area contributed by atoms with Crippen LogP contribution in [0.3, 0.4) is 0 Å². The van der Waals surface area contributed by atoms with Crippen LogP contribution < -0.4 is 0 Å². The van der Waals surface area contributed by atoms with E-state index in [2.05, 4.69) is 9.84 Å². The predicted molar refractivity (Wildman–Crippen MR) is 84.7 cm³/mol. The zero-order valence-electron chi connectivity index (χ0n) is 13.1. The number of aryl methyl sites for hydroxylation is 1. The summed E-state index contributed by atoms with van der Waals surface area (Å²) in [4.78, 5) is 25.0. The molecule has 6 nitrogen and oxygen atoms in total. The first-order valence-electron chi connectivity index (χ1n) is 7.53. The number of nitrogens with zero attached hydrogens (tertiary/aromatic N) is 2. The number of methoxy groups -OCH3 is 1. The van der Waals surface area contributed by atoms with Gasteiger partial charge in [0, 0.05) is 23.5 Å². The maximum absolute atomic E-state index is 12.3. The van der Waals surface area contributed by atoms with Gasteiger partial charge in [-0.2, -0.15) is 5.10 Å². The van der Waals surface area contributed by atoms with Crippen LogP contribution in [0, 0.1) is 0 Å². The molecule has 0 atom stereocenters. The van der Waals surface area contributed by atoms with Crippen LogP contribution in [0.1, 0.15) is 56.3 Å². The molecule has 2 aromatic heterocycles. The molecule has 23 heavy (non-hydrogen) atoms. The molecule has 0 saturated heterocycles. The maximum Gasteiger partial charge on any atom is 0.348 e. The van der Waals surface area contributed by atoms with E-state index in [1.54, 1.807) is 23.0 Å². The molecule has 0 aliphatic heterocycles. The van der Waals surface area contributed by atoms with Crippen molar-refractivity contribution in [2.45, 2.75) is 38.8 Å². The SMILES string of the molecule is CCn1cc(C(=O)OCc2ccc(C(=O)OC)s2)c(C2CC2)n1. The lowest BCUT2D eigenvalue weighted by molar-refractivity contribution is 0.0475. The third kappa shape index (κ3) is 3.44. The number of aromatic nitrogens is 2. The van der Waals surface area contributed by atoms with Crippen LogP contribution in [0.5, 0.6) is 0 Å². The molecule has 1 aliphatic rings. The highest BCUT2D eigenvalue weighted by molar-refractivity contribution is 7.13. The van der Waals surface area contributed by atoms with E-state index in [1.807, 2.05) is 6.92 Å². The average Bonchev–Trinajstić information content (AvgIpc) is 3.14. The second-order valence-corrected chi connectivity index (χ2v) is 6.56. The number of esters is 2. The topological polar surface area (TPSA) is 70.4 Å². The number of carbonyl (C=O) groups is 2. The van der Waals surface area contributed by atoms with Crippen molar-refractivity contribution in [2.75, 3.05) is 7.11 Å². The third-order valence-corrected chi connectivity index (χ3v) is 4.73. The van der Waals surface area contributed by atoms with Crippen molar-refractivity contribution >= 4 is 23.3 Å². The Morgan fingerprint density at radius 1 is 1.35 bits per heavy atom. The summed E-state index contributed by atoms with van der Waals surface area (Å²) < 4.78 is 11.8. The van der Waals surface area contributed by atoms with Gasteiger partial charge in [0.2, 0.25) is 0 Å². The first-order valence-corrected chi connectivity index (χ1v) is 8.35. The van der Waals surface area contributed by atoms with Crippen molar-refractivity contribution in [2.24, 2.45) is 0 Å². The Labute approximate surface area is 138 Å². The molecule has 0 bridgehead atoms. The first kappa shape index (κ1) is 15.7. The van der Waals surface area contributed by atoms with Gasteiger partial charge in [0.05, 0.1) is 12.8 Å². The van der Waals surface area contributed by atoms with E-state index in [-0.39, 0.29) is 18.5 Å². The average molecular weight is 334 g/mol. The van der Waals surface area contributed by atoms with E-state index in [0.29, 0.717) is 16.4 Å². The zero-order chi connectivity index (χ0) is 16.4. The van der Waals surface area contributed by atoms with Crippen molar-refractivity contribution in [1.82, 2.24) is 9.78 Å². The van der Waals surface area contributed by atoms with Crippen molar-refractivity contribution in [3.8, 4) is 0 Å². The summed E-state index contributed by atoms with van der Waals surface area (Å²) in [6.07, 6.45) is 3.91.